The van der Waals surface area contributed by atoms with Gasteiger partial charge in [0, 0.05) is 22.5 Å². The molecule has 2 aromatic rings. The number of carbonyl (C=O) groups is 1. The van der Waals surface area contributed by atoms with E-state index >= 15 is 0 Å². The Labute approximate surface area is 189 Å². The van der Waals surface area contributed by atoms with E-state index in [0.717, 1.165) is 23.4 Å². The van der Waals surface area contributed by atoms with Gasteiger partial charge in [0.15, 0.2) is 5.44 Å². The van der Waals surface area contributed by atoms with Crippen LogP contribution >= 0.6 is 22.4 Å². The maximum Gasteiger partial charge on any atom is 0.335 e. The van der Waals surface area contributed by atoms with Gasteiger partial charge in [-0.2, -0.15) is 0 Å². The Kier molecular flexibility index (Phi) is 7.28. The smallest absolute Gasteiger partial charge is 0.335 e. The topological polar surface area (TPSA) is 101 Å². The van der Waals surface area contributed by atoms with E-state index in [-0.39, 0.29) is 5.56 Å². The number of fused-ring (bicyclic) bond motifs is 1. The molecule has 1 aliphatic heterocycles. The number of aliphatic hydroxyl groups excluding tert-OH is 1. The Hall–Kier alpha value is -1.71. The molecule has 0 saturated heterocycles. The van der Waals surface area contributed by atoms with Gasteiger partial charge < -0.3 is 15.1 Å². The average molecular weight is 466 g/mol. The largest absolute Gasteiger partial charge is 0.478 e. The second-order valence-electron chi connectivity index (χ2n) is 8.04. The van der Waals surface area contributed by atoms with Crippen molar-refractivity contribution in [2.24, 2.45) is 5.41 Å². The zero-order valence-electron chi connectivity index (χ0n) is 18.1. The Morgan fingerprint density at radius 1 is 1.19 bits per heavy atom. The van der Waals surface area contributed by atoms with Crippen molar-refractivity contribution in [1.82, 2.24) is 0 Å². The maximum atomic E-state index is 11.3. The molecule has 0 fully saturated rings. The summed E-state index contributed by atoms with van der Waals surface area (Å²) >= 11 is 1.55. The summed E-state index contributed by atoms with van der Waals surface area (Å²) in [7, 11) is -3.48. The van der Waals surface area contributed by atoms with Crippen molar-refractivity contribution in [3.63, 3.8) is 0 Å². The molecule has 2 atom stereocenters. The molecule has 4 N–H and O–H groups in total. The van der Waals surface area contributed by atoms with Crippen LogP contribution < -0.4 is 4.90 Å². The zero-order chi connectivity index (χ0) is 22.8. The summed E-state index contributed by atoms with van der Waals surface area (Å²) in [5.41, 5.74) is -0.435. The first kappa shape index (κ1) is 23.9. The molecule has 0 amide bonds. The molecule has 0 radical (unpaired) electrons. The van der Waals surface area contributed by atoms with Crippen molar-refractivity contribution in [2.75, 3.05) is 17.7 Å². The van der Waals surface area contributed by atoms with Gasteiger partial charge >= 0.3 is 5.97 Å². The van der Waals surface area contributed by atoms with Gasteiger partial charge in [0.1, 0.15) is 0 Å². The third kappa shape index (κ3) is 4.45. The van der Waals surface area contributed by atoms with Gasteiger partial charge in [0.05, 0.1) is 16.1 Å². The van der Waals surface area contributed by atoms with Crippen molar-refractivity contribution in [1.29, 1.82) is 0 Å². The van der Waals surface area contributed by atoms with Crippen molar-refractivity contribution in [2.45, 2.75) is 54.8 Å². The Morgan fingerprint density at radius 2 is 1.87 bits per heavy atom. The number of rotatable bonds is 7. The second-order valence-corrected chi connectivity index (χ2v) is 11.0. The van der Waals surface area contributed by atoms with Crippen LogP contribution in [0.4, 0.5) is 11.4 Å². The molecule has 6 nitrogen and oxygen atoms in total. The Bertz CT molecular complexity index is 934. The number of hydrogen-bond donors (Lipinski definition) is 4. The molecule has 0 bridgehead atoms. The van der Waals surface area contributed by atoms with Crippen LogP contribution in [0.2, 0.25) is 0 Å². The first-order valence-corrected chi connectivity index (χ1v) is 13.3. The highest BCUT2D eigenvalue weighted by atomic mass is 32.3. The zero-order valence-corrected chi connectivity index (χ0v) is 19.7. The van der Waals surface area contributed by atoms with Gasteiger partial charge in [0.2, 0.25) is 0 Å². The molecule has 0 aliphatic carbocycles. The lowest BCUT2D eigenvalue weighted by molar-refractivity contribution is 0.0696. The summed E-state index contributed by atoms with van der Waals surface area (Å²) in [6.45, 7) is 4.45. The lowest BCUT2D eigenvalue weighted by Crippen LogP contribution is -2.44. The van der Waals surface area contributed by atoms with Gasteiger partial charge in [-0.05, 0) is 61.6 Å². The molecule has 1 aliphatic rings. The fourth-order valence-electron chi connectivity index (χ4n) is 4.25. The number of thioether (sulfide) groups is 1. The number of benzene rings is 2. The van der Waals surface area contributed by atoms with E-state index < -0.39 is 27.4 Å². The number of anilines is 2. The quantitative estimate of drug-likeness (QED) is 0.357. The maximum absolute atomic E-state index is 11.3. The Balaban J connectivity index is 2.23. The first-order valence-electron chi connectivity index (χ1n) is 10.4. The molecular formula is C23H31NO5S2. The molecule has 1 heterocycles. The van der Waals surface area contributed by atoms with Crippen LogP contribution in [0.25, 0.3) is 0 Å². The highest BCUT2D eigenvalue weighted by Crippen LogP contribution is 2.64. The summed E-state index contributed by atoms with van der Waals surface area (Å²) in [6.07, 6.45) is 4.99. The molecule has 0 spiro atoms. The molecule has 0 saturated carbocycles. The van der Waals surface area contributed by atoms with Gasteiger partial charge in [0.25, 0.3) is 0 Å². The lowest BCUT2D eigenvalue weighted by atomic mass is 9.79. The molecule has 2 unspecified atom stereocenters. The molecule has 2 aromatic carbocycles. The number of nitrogens with zero attached hydrogens (tertiary/aromatic N) is 1. The summed E-state index contributed by atoms with van der Waals surface area (Å²) < 4.78 is 22.5. The van der Waals surface area contributed by atoms with Crippen LogP contribution in [0.5, 0.6) is 0 Å². The van der Waals surface area contributed by atoms with Gasteiger partial charge in [-0.15, -0.1) is 22.4 Å². The molecule has 170 valence electrons. The minimum atomic E-state index is -3.48. The SMILES string of the molecule is CCCCC1(CC)CN(c2ccc(C(=O)O)cc2)c2cc(SC)ccc2S(O)(O)C1O. The minimum Gasteiger partial charge on any atom is -0.478 e. The molecule has 3 rings (SSSR count). The monoisotopic (exact) mass is 465 g/mol. The van der Waals surface area contributed by atoms with Crippen molar-refractivity contribution < 1.29 is 24.1 Å². The molecule has 31 heavy (non-hydrogen) atoms. The van der Waals surface area contributed by atoms with Gasteiger partial charge in [-0.25, -0.2) is 4.79 Å². The third-order valence-corrected chi connectivity index (χ3v) is 9.09. The highest BCUT2D eigenvalue weighted by Gasteiger charge is 2.49. The molecular weight excluding hydrogens is 434 g/mol. The van der Waals surface area contributed by atoms with Gasteiger partial charge in [-0.3, -0.25) is 9.11 Å². The van der Waals surface area contributed by atoms with Crippen molar-refractivity contribution >= 4 is 39.7 Å². The normalized spacial score (nSPS) is 23.7. The van der Waals surface area contributed by atoms with E-state index in [1.165, 1.54) is 0 Å². The Morgan fingerprint density at radius 3 is 2.42 bits per heavy atom. The fraction of sp³-hybridized carbons (Fsp3) is 0.435. The van der Waals surface area contributed by atoms with Crippen molar-refractivity contribution in [3.8, 4) is 0 Å². The van der Waals surface area contributed by atoms with Crippen LogP contribution in [0.1, 0.15) is 49.9 Å². The van der Waals surface area contributed by atoms with Gasteiger partial charge in [-0.1, -0.05) is 26.7 Å². The number of carboxylic acid groups (broad SMARTS) is 1. The van der Waals surface area contributed by atoms with Crippen molar-refractivity contribution in [3.05, 3.63) is 48.0 Å². The number of hydrogen-bond acceptors (Lipinski definition) is 6. The van der Waals surface area contributed by atoms with Crippen LogP contribution in [-0.2, 0) is 0 Å². The van der Waals surface area contributed by atoms with Crippen LogP contribution in [-0.4, -0.2) is 43.5 Å². The number of unbranched alkanes of at least 4 members (excludes halogenated alkanes) is 1. The van der Waals surface area contributed by atoms with E-state index in [4.69, 9.17) is 0 Å². The average Bonchev–Trinajstić information content (AvgIpc) is 2.85. The fourth-order valence-corrected chi connectivity index (χ4v) is 6.72. The highest BCUT2D eigenvalue weighted by molar-refractivity contribution is 8.24. The van der Waals surface area contributed by atoms with E-state index in [9.17, 15) is 24.1 Å². The summed E-state index contributed by atoms with van der Waals surface area (Å²) in [6, 6.07) is 12.0. The first-order chi connectivity index (χ1) is 14.7. The van der Waals surface area contributed by atoms with Crippen LogP contribution in [0.3, 0.4) is 0 Å². The molecule has 8 heteroatoms. The lowest BCUT2D eigenvalue weighted by Gasteiger charge is -2.46. The third-order valence-electron chi connectivity index (χ3n) is 6.25. The standard InChI is InChI=1S/C23H31NO5S2/c1-4-6-13-23(5-2)15-24(17-9-7-16(8-10-17)21(25)26)19-14-18(30-3)11-12-20(19)31(28,29)22(23)27/h7-12,14,22,27-29H,4-6,13,15H2,1-3H3,(H,25,26). The summed E-state index contributed by atoms with van der Waals surface area (Å²) in [5.74, 6) is -0.997. The van der Waals surface area contributed by atoms with Crippen LogP contribution in [0, 0.1) is 5.41 Å². The number of aromatic carboxylic acids is 1. The minimum absolute atomic E-state index is 0.189. The molecule has 0 aromatic heterocycles. The van der Waals surface area contributed by atoms with E-state index in [1.807, 2.05) is 30.2 Å². The predicted molar refractivity (Wildman–Crippen MR) is 128 cm³/mol. The number of aliphatic hydroxyl groups is 1. The predicted octanol–water partition coefficient (Wildman–Crippen LogP) is 6.27. The van der Waals surface area contributed by atoms with Crippen LogP contribution in [0.15, 0.2) is 52.3 Å². The second kappa shape index (κ2) is 9.42. The van der Waals surface area contributed by atoms with E-state index in [2.05, 4.69) is 6.92 Å². The van der Waals surface area contributed by atoms with E-state index in [1.54, 1.807) is 42.1 Å². The number of carboxylic acids is 1. The summed E-state index contributed by atoms with van der Waals surface area (Å²) in [5, 5.41) is 20.6. The summed E-state index contributed by atoms with van der Waals surface area (Å²) in [4.78, 5) is 14.6. The van der Waals surface area contributed by atoms with E-state index in [0.29, 0.717) is 30.0 Å².